The maximum absolute atomic E-state index is 13.1. The molecule has 0 aromatic heterocycles. The summed E-state index contributed by atoms with van der Waals surface area (Å²) in [4.78, 5) is 0. The number of halogens is 10. The number of hydrogen-bond acceptors (Lipinski definition) is 0. The Morgan fingerprint density at radius 2 is 0.947 bits per heavy atom. The lowest BCUT2D eigenvalue weighted by Gasteiger charge is -2.49. The zero-order valence-electron chi connectivity index (χ0n) is 9.27. The molecule has 0 bridgehead atoms. The molecule has 0 aromatic carbocycles. The van der Waals surface area contributed by atoms with Crippen molar-refractivity contribution in [2.45, 2.75) is 49.4 Å². The summed E-state index contributed by atoms with van der Waals surface area (Å²) in [6.45, 7) is 0.995. The average molecular weight is 306 g/mol. The first-order chi connectivity index (χ1) is 8.19. The first-order valence-corrected chi connectivity index (χ1v) is 5.08. The van der Waals surface area contributed by atoms with Gasteiger partial charge in [0.2, 0.25) is 0 Å². The van der Waals surface area contributed by atoms with Crippen LogP contribution in [0.15, 0.2) is 0 Å². The van der Waals surface area contributed by atoms with Gasteiger partial charge in [0.1, 0.15) is 0 Å². The molecule has 1 aliphatic rings. The van der Waals surface area contributed by atoms with Crippen LogP contribution in [0.3, 0.4) is 0 Å². The highest BCUT2D eigenvalue weighted by atomic mass is 19.4. The van der Waals surface area contributed by atoms with Gasteiger partial charge in [0, 0.05) is 0 Å². The van der Waals surface area contributed by atoms with Crippen LogP contribution in [0.5, 0.6) is 0 Å². The van der Waals surface area contributed by atoms with Crippen LogP contribution in [0.2, 0.25) is 0 Å². The summed E-state index contributed by atoms with van der Waals surface area (Å²) in [6.07, 6.45) is -2.02. The second-order valence-corrected chi connectivity index (χ2v) is 4.31. The van der Waals surface area contributed by atoms with Crippen molar-refractivity contribution in [3.05, 3.63) is 0 Å². The highest BCUT2D eigenvalue weighted by Gasteiger charge is 2.94. The molecular formula is C9H8F10. The van der Waals surface area contributed by atoms with Crippen molar-refractivity contribution in [1.29, 1.82) is 0 Å². The fourth-order valence-electron chi connectivity index (χ4n) is 1.93. The molecule has 0 saturated heterocycles. The molecule has 0 spiro atoms. The molecular weight excluding hydrogens is 298 g/mol. The molecule has 0 radical (unpaired) electrons. The topological polar surface area (TPSA) is 0 Å². The molecule has 1 aliphatic carbocycles. The van der Waals surface area contributed by atoms with Crippen molar-refractivity contribution >= 4 is 0 Å². The van der Waals surface area contributed by atoms with Crippen LogP contribution >= 0.6 is 0 Å². The third kappa shape index (κ3) is 1.60. The van der Waals surface area contributed by atoms with Crippen LogP contribution in [-0.2, 0) is 0 Å². The van der Waals surface area contributed by atoms with E-state index in [0.717, 1.165) is 6.92 Å². The van der Waals surface area contributed by atoms with Gasteiger partial charge >= 0.3 is 29.6 Å². The molecule has 0 N–H and O–H groups in total. The van der Waals surface area contributed by atoms with Crippen LogP contribution in [0.1, 0.15) is 19.8 Å². The van der Waals surface area contributed by atoms with Crippen molar-refractivity contribution < 1.29 is 43.9 Å². The molecule has 0 aromatic rings. The maximum atomic E-state index is 13.1. The molecule has 0 heterocycles. The Balaban J connectivity index is 3.55. The standard InChI is InChI=1S/C9H8F10/c1-2-3-4-5(10,11)7(14,15)9(18,19)8(16,17)6(4,12)13/h4H,2-3H2,1H3. The smallest absolute Gasteiger partial charge is 0.199 e. The van der Waals surface area contributed by atoms with Crippen molar-refractivity contribution in [2.75, 3.05) is 0 Å². The fourth-order valence-corrected chi connectivity index (χ4v) is 1.93. The monoisotopic (exact) mass is 306 g/mol. The molecule has 10 heteroatoms. The molecule has 114 valence electrons. The van der Waals surface area contributed by atoms with E-state index in [1.807, 2.05) is 0 Å². The highest BCUT2D eigenvalue weighted by molar-refractivity contribution is 5.18. The van der Waals surface area contributed by atoms with Crippen LogP contribution in [0, 0.1) is 5.92 Å². The summed E-state index contributed by atoms with van der Waals surface area (Å²) >= 11 is 0. The SMILES string of the molecule is CCCC1C(F)(F)C(F)(F)C(F)(F)C(F)(F)C1(F)F. The quantitative estimate of drug-likeness (QED) is 0.654. The van der Waals surface area contributed by atoms with E-state index in [0.29, 0.717) is 0 Å². The molecule has 0 nitrogen and oxygen atoms in total. The third-order valence-electron chi connectivity index (χ3n) is 3.08. The van der Waals surface area contributed by atoms with Crippen LogP contribution in [-0.4, -0.2) is 29.6 Å². The Morgan fingerprint density at radius 1 is 0.632 bits per heavy atom. The van der Waals surface area contributed by atoms with Crippen molar-refractivity contribution in [1.82, 2.24) is 0 Å². The molecule has 19 heavy (non-hydrogen) atoms. The van der Waals surface area contributed by atoms with Gasteiger partial charge in [-0.2, -0.15) is 43.9 Å². The van der Waals surface area contributed by atoms with Gasteiger partial charge in [-0.05, 0) is 6.42 Å². The van der Waals surface area contributed by atoms with E-state index in [2.05, 4.69) is 0 Å². The highest BCUT2D eigenvalue weighted by Crippen LogP contribution is 2.67. The summed E-state index contributed by atoms with van der Waals surface area (Å²) < 4.78 is 129. The molecule has 1 rings (SSSR count). The normalized spacial score (nSPS) is 31.1. The van der Waals surface area contributed by atoms with E-state index in [4.69, 9.17) is 0 Å². The second kappa shape index (κ2) is 3.91. The van der Waals surface area contributed by atoms with Gasteiger partial charge in [0.05, 0.1) is 5.92 Å². The van der Waals surface area contributed by atoms with Crippen LogP contribution in [0.4, 0.5) is 43.9 Å². The predicted octanol–water partition coefficient (Wildman–Crippen LogP) is 4.59. The molecule has 1 saturated carbocycles. The number of rotatable bonds is 2. The first kappa shape index (κ1) is 16.4. The number of hydrogen-bond donors (Lipinski definition) is 0. The van der Waals surface area contributed by atoms with Gasteiger partial charge in [0.25, 0.3) is 0 Å². The average Bonchev–Trinajstić information content (AvgIpc) is 2.22. The molecule has 0 atom stereocenters. The van der Waals surface area contributed by atoms with Gasteiger partial charge < -0.3 is 0 Å². The third-order valence-corrected chi connectivity index (χ3v) is 3.08. The lowest BCUT2D eigenvalue weighted by molar-refractivity contribution is -0.464. The minimum atomic E-state index is -6.85. The van der Waals surface area contributed by atoms with E-state index in [9.17, 15) is 43.9 Å². The second-order valence-electron chi connectivity index (χ2n) is 4.31. The van der Waals surface area contributed by atoms with Gasteiger partial charge in [-0.3, -0.25) is 0 Å². The van der Waals surface area contributed by atoms with Gasteiger partial charge in [-0.15, -0.1) is 0 Å². The molecule has 1 fully saturated rings. The zero-order valence-corrected chi connectivity index (χ0v) is 9.27. The van der Waals surface area contributed by atoms with Crippen LogP contribution < -0.4 is 0 Å². The summed E-state index contributed by atoms with van der Waals surface area (Å²) in [6, 6.07) is 0. The van der Waals surface area contributed by atoms with Gasteiger partial charge in [0.15, 0.2) is 0 Å². The van der Waals surface area contributed by atoms with E-state index in [1.165, 1.54) is 0 Å². The lowest BCUT2D eigenvalue weighted by Crippen LogP contribution is -2.77. The number of alkyl halides is 10. The fraction of sp³-hybridized carbons (Fsp3) is 1.00. The Bertz CT molecular complexity index is 328. The van der Waals surface area contributed by atoms with Crippen LogP contribution in [0.25, 0.3) is 0 Å². The summed E-state index contributed by atoms with van der Waals surface area (Å²) in [5, 5.41) is 0. The maximum Gasteiger partial charge on any atom is 0.384 e. The summed E-state index contributed by atoms with van der Waals surface area (Å²) in [5.74, 6) is -35.7. The predicted molar refractivity (Wildman–Crippen MR) is 43.1 cm³/mol. The summed E-state index contributed by atoms with van der Waals surface area (Å²) in [7, 11) is 0. The van der Waals surface area contributed by atoms with E-state index >= 15 is 0 Å². The Hall–Kier alpha value is -0.700. The van der Waals surface area contributed by atoms with E-state index in [-0.39, 0.29) is 0 Å². The van der Waals surface area contributed by atoms with E-state index in [1.54, 1.807) is 0 Å². The largest absolute Gasteiger partial charge is 0.384 e. The summed E-state index contributed by atoms with van der Waals surface area (Å²) in [5.41, 5.74) is 0. The van der Waals surface area contributed by atoms with Crippen molar-refractivity contribution in [2.24, 2.45) is 5.92 Å². The Labute approximate surface area is 100 Å². The van der Waals surface area contributed by atoms with Gasteiger partial charge in [-0.25, -0.2) is 0 Å². The minimum Gasteiger partial charge on any atom is -0.199 e. The molecule has 0 amide bonds. The van der Waals surface area contributed by atoms with Gasteiger partial charge in [-0.1, -0.05) is 13.3 Å². The Morgan fingerprint density at radius 3 is 1.21 bits per heavy atom. The van der Waals surface area contributed by atoms with Crippen molar-refractivity contribution in [3.8, 4) is 0 Å². The molecule has 0 unspecified atom stereocenters. The zero-order chi connectivity index (χ0) is 15.5. The Kier molecular flexibility index (Phi) is 3.36. The van der Waals surface area contributed by atoms with Crippen molar-refractivity contribution in [3.63, 3.8) is 0 Å². The first-order valence-electron chi connectivity index (χ1n) is 5.08. The lowest BCUT2D eigenvalue weighted by atomic mass is 9.73. The van der Waals surface area contributed by atoms with E-state index < -0.39 is 48.4 Å². The molecule has 0 aliphatic heterocycles. The minimum absolute atomic E-state index is 0.576.